The normalized spacial score (nSPS) is 11.2. The predicted molar refractivity (Wildman–Crippen MR) is 103 cm³/mol. The van der Waals surface area contributed by atoms with E-state index in [4.69, 9.17) is 32.7 Å². The van der Waals surface area contributed by atoms with E-state index >= 15 is 0 Å². The lowest BCUT2D eigenvalue weighted by atomic mass is 10.1. The van der Waals surface area contributed by atoms with Crippen LogP contribution < -0.4 is 0 Å². The van der Waals surface area contributed by atoms with Crippen LogP contribution in [0.5, 0.6) is 0 Å². The van der Waals surface area contributed by atoms with E-state index in [2.05, 4.69) is 4.98 Å². The number of fused-ring (bicyclic) bond motifs is 1. The fourth-order valence-electron chi connectivity index (χ4n) is 2.99. The fourth-order valence-corrected chi connectivity index (χ4v) is 3.52. The predicted octanol–water partition coefficient (Wildman–Crippen LogP) is 6.41. The summed E-state index contributed by atoms with van der Waals surface area (Å²) in [6.45, 7) is 1.95. The number of halogens is 2. The maximum atomic E-state index is 11.0. The van der Waals surface area contributed by atoms with E-state index in [0.717, 1.165) is 27.9 Å². The average molecular weight is 386 g/mol. The summed E-state index contributed by atoms with van der Waals surface area (Å²) >= 11 is 12.3. The first-order valence-electron chi connectivity index (χ1n) is 7.85. The number of furan rings is 1. The van der Waals surface area contributed by atoms with Gasteiger partial charge < -0.3 is 14.5 Å². The molecule has 0 atom stereocenters. The Morgan fingerprint density at radius 3 is 2.42 bits per heavy atom. The van der Waals surface area contributed by atoms with Crippen LogP contribution in [0.4, 0.5) is 0 Å². The highest BCUT2D eigenvalue weighted by Crippen LogP contribution is 2.38. The third-order valence-electron chi connectivity index (χ3n) is 4.33. The van der Waals surface area contributed by atoms with Crippen LogP contribution in [-0.2, 0) is 0 Å². The van der Waals surface area contributed by atoms with Gasteiger partial charge in [-0.1, -0.05) is 35.3 Å². The molecule has 0 spiro atoms. The minimum Gasteiger partial charge on any atom is -0.478 e. The van der Waals surface area contributed by atoms with Crippen molar-refractivity contribution in [2.75, 3.05) is 0 Å². The van der Waals surface area contributed by atoms with Gasteiger partial charge in [0.1, 0.15) is 0 Å². The second kappa shape index (κ2) is 6.24. The zero-order valence-electron chi connectivity index (χ0n) is 13.6. The zero-order valence-corrected chi connectivity index (χ0v) is 15.2. The molecule has 4 aromatic rings. The van der Waals surface area contributed by atoms with Crippen LogP contribution in [0.1, 0.15) is 15.9 Å². The van der Waals surface area contributed by atoms with E-state index in [0.29, 0.717) is 21.4 Å². The average Bonchev–Trinajstić information content (AvgIpc) is 3.21. The number of hydrogen-bond acceptors (Lipinski definition) is 2. The Bertz CT molecular complexity index is 1140. The summed E-state index contributed by atoms with van der Waals surface area (Å²) in [6, 6.07) is 14.0. The van der Waals surface area contributed by atoms with Crippen LogP contribution >= 0.6 is 23.2 Å². The maximum Gasteiger partial charge on any atom is 0.335 e. The summed E-state index contributed by atoms with van der Waals surface area (Å²) in [5, 5.41) is 10.9. The van der Waals surface area contributed by atoms with Crippen molar-refractivity contribution < 1.29 is 14.3 Å². The molecule has 2 aromatic heterocycles. The Hall–Kier alpha value is -2.69. The number of aromatic amines is 1. The summed E-state index contributed by atoms with van der Waals surface area (Å²) in [5.74, 6) is -0.255. The highest BCUT2D eigenvalue weighted by atomic mass is 35.5. The van der Waals surface area contributed by atoms with E-state index in [-0.39, 0.29) is 5.56 Å². The van der Waals surface area contributed by atoms with Crippen molar-refractivity contribution in [2.24, 2.45) is 0 Å². The van der Waals surface area contributed by atoms with Crippen molar-refractivity contribution in [1.82, 2.24) is 4.98 Å². The highest BCUT2D eigenvalue weighted by molar-refractivity contribution is 6.38. The molecular weight excluding hydrogens is 373 g/mol. The number of rotatable bonds is 3. The number of carboxylic acid groups (broad SMARTS) is 1. The molecule has 0 radical (unpaired) electrons. The largest absolute Gasteiger partial charge is 0.478 e. The molecule has 0 saturated heterocycles. The van der Waals surface area contributed by atoms with Gasteiger partial charge in [-0.25, -0.2) is 4.79 Å². The molecule has 2 heterocycles. The van der Waals surface area contributed by atoms with Crippen LogP contribution in [0.15, 0.2) is 52.9 Å². The highest BCUT2D eigenvalue weighted by Gasteiger charge is 2.17. The Labute approximate surface area is 159 Å². The van der Waals surface area contributed by atoms with E-state index in [1.54, 1.807) is 30.3 Å². The Balaban J connectivity index is 1.76. The smallest absolute Gasteiger partial charge is 0.335 e. The molecule has 0 aliphatic rings. The third kappa shape index (κ3) is 2.77. The van der Waals surface area contributed by atoms with Gasteiger partial charge in [-0.2, -0.15) is 0 Å². The first-order chi connectivity index (χ1) is 12.4. The monoisotopic (exact) mass is 385 g/mol. The number of nitrogens with one attached hydrogen (secondary N) is 1. The molecule has 2 aromatic carbocycles. The molecule has 0 bridgehead atoms. The number of hydrogen-bond donors (Lipinski definition) is 2. The number of benzene rings is 2. The summed E-state index contributed by atoms with van der Waals surface area (Å²) in [6.07, 6.45) is 0. The molecule has 2 N–H and O–H groups in total. The summed E-state index contributed by atoms with van der Waals surface area (Å²) < 4.78 is 5.97. The summed E-state index contributed by atoms with van der Waals surface area (Å²) in [5.41, 5.74) is 4.35. The van der Waals surface area contributed by atoms with Gasteiger partial charge in [-0.3, -0.25) is 0 Å². The van der Waals surface area contributed by atoms with Gasteiger partial charge in [0.05, 0.1) is 16.3 Å². The molecule has 4 nitrogen and oxygen atoms in total. The minimum absolute atomic E-state index is 0.250. The van der Waals surface area contributed by atoms with Crippen molar-refractivity contribution in [2.45, 2.75) is 6.92 Å². The number of carbonyl (C=O) groups is 1. The third-order valence-corrected chi connectivity index (χ3v) is 4.83. The second-order valence-corrected chi connectivity index (χ2v) is 6.83. The fraction of sp³-hybridized carbons (Fsp3) is 0.0500. The number of aryl methyl sites for hydroxylation is 1. The van der Waals surface area contributed by atoms with Crippen molar-refractivity contribution in [3.63, 3.8) is 0 Å². The number of aromatic nitrogens is 1. The van der Waals surface area contributed by atoms with E-state index in [9.17, 15) is 4.79 Å². The molecule has 0 amide bonds. The van der Waals surface area contributed by atoms with E-state index in [1.165, 1.54) is 0 Å². The molecule has 26 heavy (non-hydrogen) atoms. The van der Waals surface area contributed by atoms with Gasteiger partial charge in [0, 0.05) is 21.7 Å². The SMILES string of the molecule is Cc1c(-c2ccc(-c3ccc(C(=O)O)cc3)[nH]2)oc2c(Cl)cc(Cl)cc12. The minimum atomic E-state index is -0.947. The van der Waals surface area contributed by atoms with E-state index in [1.807, 2.05) is 25.1 Å². The van der Waals surface area contributed by atoms with Gasteiger partial charge in [0.25, 0.3) is 0 Å². The lowest BCUT2D eigenvalue weighted by Crippen LogP contribution is -1.94. The quantitative estimate of drug-likeness (QED) is 0.428. The molecule has 0 unspecified atom stereocenters. The van der Waals surface area contributed by atoms with Crippen molar-refractivity contribution in [3.05, 3.63) is 69.7 Å². The lowest BCUT2D eigenvalue weighted by Gasteiger charge is -2.00. The molecule has 6 heteroatoms. The van der Waals surface area contributed by atoms with Crippen LogP contribution in [0.3, 0.4) is 0 Å². The topological polar surface area (TPSA) is 66.2 Å². The maximum absolute atomic E-state index is 11.0. The molecule has 0 aliphatic heterocycles. The van der Waals surface area contributed by atoms with Gasteiger partial charge >= 0.3 is 5.97 Å². The van der Waals surface area contributed by atoms with Gasteiger partial charge in [-0.05, 0) is 48.9 Å². The van der Waals surface area contributed by atoms with E-state index < -0.39 is 5.97 Å². The van der Waals surface area contributed by atoms with Crippen molar-refractivity contribution >= 4 is 40.1 Å². The second-order valence-electron chi connectivity index (χ2n) is 5.99. The Morgan fingerprint density at radius 1 is 1.04 bits per heavy atom. The Kier molecular flexibility index (Phi) is 4.02. The van der Waals surface area contributed by atoms with Gasteiger partial charge in [0.15, 0.2) is 11.3 Å². The van der Waals surface area contributed by atoms with Gasteiger partial charge in [0.2, 0.25) is 0 Å². The van der Waals surface area contributed by atoms with Crippen LogP contribution in [0.25, 0.3) is 33.7 Å². The first-order valence-corrected chi connectivity index (χ1v) is 8.61. The van der Waals surface area contributed by atoms with Crippen molar-refractivity contribution in [3.8, 4) is 22.7 Å². The molecule has 4 rings (SSSR count). The molecule has 0 aliphatic carbocycles. The number of carboxylic acids is 1. The van der Waals surface area contributed by atoms with Crippen LogP contribution in [0.2, 0.25) is 10.0 Å². The van der Waals surface area contributed by atoms with Crippen LogP contribution in [0, 0.1) is 6.92 Å². The lowest BCUT2D eigenvalue weighted by molar-refractivity contribution is 0.0697. The molecule has 0 saturated carbocycles. The zero-order chi connectivity index (χ0) is 18.4. The first kappa shape index (κ1) is 16.8. The number of aromatic carboxylic acids is 1. The summed E-state index contributed by atoms with van der Waals surface area (Å²) in [7, 11) is 0. The number of H-pyrrole nitrogens is 1. The van der Waals surface area contributed by atoms with Crippen LogP contribution in [-0.4, -0.2) is 16.1 Å². The standard InChI is InChI=1S/C20H13Cl2NO3/c1-10-14-8-13(21)9-15(22)19(14)26-18(10)17-7-6-16(23-17)11-2-4-12(5-3-11)20(24)25/h2-9,23H,1H3,(H,24,25). The molecule has 130 valence electrons. The summed E-state index contributed by atoms with van der Waals surface area (Å²) in [4.78, 5) is 14.3. The molecule has 0 fully saturated rings. The van der Waals surface area contributed by atoms with Gasteiger partial charge in [-0.15, -0.1) is 0 Å². The van der Waals surface area contributed by atoms with Crippen molar-refractivity contribution in [1.29, 1.82) is 0 Å². The Morgan fingerprint density at radius 2 is 1.73 bits per heavy atom. The molecular formula is C20H13Cl2NO3.